The Kier molecular flexibility index (Phi) is 19.5. The van der Waals surface area contributed by atoms with Crippen LogP contribution in [0.15, 0.2) is 25.3 Å². The third kappa shape index (κ3) is 19.0. The van der Waals surface area contributed by atoms with Gasteiger partial charge in [-0.1, -0.05) is 45.8 Å². The van der Waals surface area contributed by atoms with Crippen molar-refractivity contribution in [2.75, 3.05) is 32.6 Å². The van der Waals surface area contributed by atoms with Gasteiger partial charge < -0.3 is 18.5 Å². The van der Waals surface area contributed by atoms with Gasteiger partial charge in [0.25, 0.3) is 0 Å². The minimum atomic E-state index is -3.07. The Hall–Kier alpha value is -1.43. The lowest BCUT2D eigenvalue weighted by Gasteiger charge is -2.18. The average molecular weight is 461 g/mol. The predicted octanol–water partition coefficient (Wildman–Crippen LogP) is 5.98. The minimum Gasteiger partial charge on any atom is -0.463 e. The van der Waals surface area contributed by atoms with Crippen molar-refractivity contribution >= 4 is 19.5 Å². The normalized spacial score (nSPS) is 11.1. The predicted molar refractivity (Wildman–Crippen MR) is 123 cm³/mol. The highest BCUT2D eigenvalue weighted by Crippen LogP contribution is 2.49. The lowest BCUT2D eigenvalue weighted by molar-refractivity contribution is -0.138. The minimum absolute atomic E-state index is 0.390. The van der Waals surface area contributed by atoms with Crippen molar-refractivity contribution in [3.05, 3.63) is 25.3 Å². The highest BCUT2D eigenvalue weighted by Gasteiger charge is 2.23. The molecule has 0 saturated heterocycles. The highest BCUT2D eigenvalue weighted by molar-refractivity contribution is 7.53. The largest absolute Gasteiger partial charge is 0.463 e. The maximum absolute atomic E-state index is 13.0. The van der Waals surface area contributed by atoms with Crippen molar-refractivity contribution in [2.24, 2.45) is 0 Å². The molecule has 0 heterocycles. The summed E-state index contributed by atoms with van der Waals surface area (Å²) in [6.07, 6.45) is 12.5. The molecule has 0 aromatic heterocycles. The van der Waals surface area contributed by atoms with Crippen LogP contribution >= 0.6 is 7.60 Å². The molecule has 0 aromatic carbocycles. The second kappa shape index (κ2) is 20.5. The number of hydrogen-bond acceptors (Lipinski definition) is 7. The van der Waals surface area contributed by atoms with Gasteiger partial charge in [-0.3, -0.25) is 4.57 Å². The molecule has 0 unspecified atom stereocenters. The first-order chi connectivity index (χ1) is 15.0. The van der Waals surface area contributed by atoms with Gasteiger partial charge in [-0.05, 0) is 44.9 Å². The summed E-state index contributed by atoms with van der Waals surface area (Å²) in [6, 6.07) is 0. The second-order valence-electron chi connectivity index (χ2n) is 7.28. The maximum atomic E-state index is 13.0. The van der Waals surface area contributed by atoms with E-state index in [1.807, 2.05) is 0 Å². The van der Waals surface area contributed by atoms with Crippen molar-refractivity contribution in [1.29, 1.82) is 0 Å². The molecule has 0 fully saturated rings. The Morgan fingerprint density at radius 3 is 1.48 bits per heavy atom. The number of esters is 2. The van der Waals surface area contributed by atoms with Gasteiger partial charge in [0.2, 0.25) is 0 Å². The van der Waals surface area contributed by atoms with Gasteiger partial charge in [0.05, 0.1) is 32.6 Å². The van der Waals surface area contributed by atoms with E-state index in [1.165, 1.54) is 0 Å². The third-order valence-electron chi connectivity index (χ3n) is 4.51. The summed E-state index contributed by atoms with van der Waals surface area (Å²) >= 11 is 0. The highest BCUT2D eigenvalue weighted by atomic mass is 31.2. The van der Waals surface area contributed by atoms with Crippen molar-refractivity contribution in [2.45, 2.75) is 77.6 Å². The lowest BCUT2D eigenvalue weighted by atomic mass is 10.2. The van der Waals surface area contributed by atoms with Crippen LogP contribution in [0.2, 0.25) is 0 Å². The van der Waals surface area contributed by atoms with Crippen molar-refractivity contribution in [3.63, 3.8) is 0 Å². The second-order valence-corrected chi connectivity index (χ2v) is 9.47. The molecule has 0 aliphatic heterocycles. The Bertz CT molecular complexity index is 508. The lowest BCUT2D eigenvalue weighted by Crippen LogP contribution is -2.04. The van der Waals surface area contributed by atoms with Crippen LogP contribution in [-0.4, -0.2) is 44.5 Å². The zero-order valence-electron chi connectivity index (χ0n) is 19.2. The fourth-order valence-electron chi connectivity index (χ4n) is 2.71. The van der Waals surface area contributed by atoms with Gasteiger partial charge >= 0.3 is 19.5 Å². The fraction of sp³-hybridized carbons (Fsp3) is 0.739. The number of carbonyl (C=O) groups excluding carboxylic acids is 2. The topological polar surface area (TPSA) is 88.1 Å². The van der Waals surface area contributed by atoms with Gasteiger partial charge in [-0.15, -0.1) is 0 Å². The molecule has 7 nitrogen and oxygen atoms in total. The van der Waals surface area contributed by atoms with E-state index in [1.54, 1.807) is 0 Å². The van der Waals surface area contributed by atoms with Crippen molar-refractivity contribution in [3.8, 4) is 0 Å². The van der Waals surface area contributed by atoms with Crippen LogP contribution in [0.4, 0.5) is 0 Å². The van der Waals surface area contributed by atoms with Crippen LogP contribution in [-0.2, 0) is 32.7 Å². The Balaban J connectivity index is 3.96. The summed E-state index contributed by atoms with van der Waals surface area (Å²) in [7, 11) is -3.07. The quantitative estimate of drug-likeness (QED) is 0.0849. The molecule has 0 radical (unpaired) electrons. The monoisotopic (exact) mass is 460 g/mol. The zero-order valence-corrected chi connectivity index (χ0v) is 20.1. The maximum Gasteiger partial charge on any atom is 0.330 e. The van der Waals surface area contributed by atoms with Crippen LogP contribution in [0.3, 0.4) is 0 Å². The van der Waals surface area contributed by atoms with E-state index in [0.29, 0.717) is 32.6 Å². The smallest absolute Gasteiger partial charge is 0.330 e. The molecular formula is C23H41O7P. The Morgan fingerprint density at radius 2 is 1.10 bits per heavy atom. The van der Waals surface area contributed by atoms with E-state index in [2.05, 4.69) is 20.1 Å². The van der Waals surface area contributed by atoms with Crippen molar-refractivity contribution < 1.29 is 32.7 Å². The fourth-order valence-corrected chi connectivity index (χ4v) is 4.47. The first-order valence-electron chi connectivity index (χ1n) is 11.4. The van der Waals surface area contributed by atoms with E-state index < -0.39 is 19.5 Å². The van der Waals surface area contributed by atoms with Gasteiger partial charge in [-0.25, -0.2) is 9.59 Å². The van der Waals surface area contributed by atoms with Crippen LogP contribution in [0.5, 0.6) is 0 Å². The molecule has 0 atom stereocenters. The van der Waals surface area contributed by atoms with Crippen LogP contribution < -0.4 is 0 Å². The molecule has 0 amide bonds. The standard InChI is InChI=1S/C23H41O7P/c1-4-7-16-21-31(26,29-19-14-10-8-12-17-27-22(24)5-2)30-20-15-11-9-13-18-28-23(25)6-3/h5-6H,2-4,7-21H2,1H3. The molecule has 8 heteroatoms. The van der Waals surface area contributed by atoms with Crippen LogP contribution in [0, 0.1) is 0 Å². The Labute approximate surface area is 188 Å². The molecule has 31 heavy (non-hydrogen) atoms. The summed E-state index contributed by atoms with van der Waals surface area (Å²) < 4.78 is 34.2. The van der Waals surface area contributed by atoms with Gasteiger partial charge in [0.1, 0.15) is 0 Å². The summed E-state index contributed by atoms with van der Waals surface area (Å²) in [6.45, 7) is 10.4. The molecule has 0 rings (SSSR count). The van der Waals surface area contributed by atoms with Crippen LogP contribution in [0.1, 0.15) is 77.6 Å². The molecule has 0 aliphatic carbocycles. The number of unbranched alkanes of at least 4 members (excludes halogenated alkanes) is 8. The van der Waals surface area contributed by atoms with Crippen molar-refractivity contribution in [1.82, 2.24) is 0 Å². The average Bonchev–Trinajstić information content (AvgIpc) is 2.77. The molecule has 0 bridgehead atoms. The number of ether oxygens (including phenoxy) is 2. The van der Waals surface area contributed by atoms with Gasteiger partial charge in [0.15, 0.2) is 0 Å². The molecule has 0 spiro atoms. The number of rotatable bonds is 22. The number of carbonyl (C=O) groups is 2. The zero-order chi connectivity index (χ0) is 23.2. The first kappa shape index (κ1) is 29.6. The molecule has 0 saturated carbocycles. The van der Waals surface area contributed by atoms with E-state index in [-0.39, 0.29) is 0 Å². The Morgan fingerprint density at radius 1 is 0.677 bits per heavy atom. The third-order valence-corrected chi connectivity index (χ3v) is 6.53. The summed E-state index contributed by atoms with van der Waals surface area (Å²) in [5.41, 5.74) is 0. The summed E-state index contributed by atoms with van der Waals surface area (Å²) in [4.78, 5) is 21.9. The van der Waals surface area contributed by atoms with E-state index >= 15 is 0 Å². The molecule has 0 aliphatic rings. The van der Waals surface area contributed by atoms with Gasteiger partial charge in [0, 0.05) is 12.2 Å². The van der Waals surface area contributed by atoms with E-state index in [0.717, 1.165) is 82.8 Å². The number of hydrogen-bond donors (Lipinski definition) is 0. The van der Waals surface area contributed by atoms with Crippen LogP contribution in [0.25, 0.3) is 0 Å². The van der Waals surface area contributed by atoms with Gasteiger partial charge in [-0.2, -0.15) is 0 Å². The molecule has 0 N–H and O–H groups in total. The van der Waals surface area contributed by atoms with E-state index in [4.69, 9.17) is 18.5 Å². The first-order valence-corrected chi connectivity index (χ1v) is 13.2. The molecule has 180 valence electrons. The summed E-state index contributed by atoms with van der Waals surface area (Å²) in [5.74, 6) is -0.797. The van der Waals surface area contributed by atoms with E-state index in [9.17, 15) is 14.2 Å². The summed E-state index contributed by atoms with van der Waals surface area (Å²) in [5, 5.41) is 0. The molecular weight excluding hydrogens is 419 g/mol. The molecule has 0 aromatic rings. The SMILES string of the molecule is C=CC(=O)OCCCCCCOP(=O)(CCCCC)OCCCCCCOC(=O)C=C.